The van der Waals surface area contributed by atoms with E-state index in [0.717, 1.165) is 0 Å². The van der Waals surface area contributed by atoms with Gasteiger partial charge in [0.15, 0.2) is 11.4 Å². The number of nitriles is 1. The van der Waals surface area contributed by atoms with Crippen molar-refractivity contribution in [2.75, 3.05) is 11.9 Å². The molecule has 1 amide bonds. The van der Waals surface area contributed by atoms with Crippen molar-refractivity contribution in [1.29, 1.82) is 5.26 Å². The Hall–Kier alpha value is -2.99. The molecular formula is C21H27N5O4. The fourth-order valence-corrected chi connectivity index (χ4v) is 3.44. The molecule has 2 aromatic rings. The molecule has 0 radical (unpaired) electrons. The fourth-order valence-electron chi connectivity index (χ4n) is 3.44. The number of hydrogen-bond donors (Lipinski definition) is 1. The van der Waals surface area contributed by atoms with E-state index >= 15 is 0 Å². The van der Waals surface area contributed by atoms with Gasteiger partial charge in [-0.3, -0.25) is 9.59 Å². The van der Waals surface area contributed by atoms with Crippen molar-refractivity contribution in [1.82, 2.24) is 14.6 Å². The van der Waals surface area contributed by atoms with Crippen LogP contribution < -0.4 is 5.32 Å². The van der Waals surface area contributed by atoms with Gasteiger partial charge in [0.2, 0.25) is 5.91 Å². The third-order valence-corrected chi connectivity index (χ3v) is 4.97. The molecule has 2 aromatic heterocycles. The first-order valence-corrected chi connectivity index (χ1v) is 10.1. The van der Waals surface area contributed by atoms with E-state index in [0.29, 0.717) is 36.3 Å². The topological polar surface area (TPSA) is 119 Å². The monoisotopic (exact) mass is 413 g/mol. The maximum atomic E-state index is 12.2. The zero-order chi connectivity index (χ0) is 21.9. The van der Waals surface area contributed by atoms with Crippen molar-refractivity contribution in [3.8, 4) is 6.07 Å². The normalized spacial score (nSPS) is 21.2. The predicted octanol–water partition coefficient (Wildman–Crippen LogP) is 2.81. The molecule has 0 aromatic carbocycles. The summed E-state index contributed by atoms with van der Waals surface area (Å²) in [5.41, 5.74) is -0.0773. The Balaban J connectivity index is 1.82. The summed E-state index contributed by atoms with van der Waals surface area (Å²) in [5, 5.41) is 17.0. The second-order valence-corrected chi connectivity index (χ2v) is 8.27. The Morgan fingerprint density at radius 2 is 2.17 bits per heavy atom. The second-order valence-electron chi connectivity index (χ2n) is 8.27. The molecule has 1 saturated heterocycles. The summed E-state index contributed by atoms with van der Waals surface area (Å²) in [5.74, 6) is -0.0398. The van der Waals surface area contributed by atoms with Gasteiger partial charge >= 0.3 is 5.97 Å². The zero-order valence-electron chi connectivity index (χ0n) is 17.7. The maximum Gasteiger partial charge on any atom is 0.308 e. The van der Waals surface area contributed by atoms with Gasteiger partial charge in [-0.15, -0.1) is 0 Å². The van der Waals surface area contributed by atoms with Crippen LogP contribution in [0, 0.1) is 23.2 Å². The van der Waals surface area contributed by atoms with E-state index in [4.69, 9.17) is 9.47 Å². The van der Waals surface area contributed by atoms with Gasteiger partial charge in [0.1, 0.15) is 24.5 Å². The molecule has 30 heavy (non-hydrogen) atoms. The first kappa shape index (κ1) is 21.7. The van der Waals surface area contributed by atoms with Gasteiger partial charge in [0.05, 0.1) is 17.7 Å². The summed E-state index contributed by atoms with van der Waals surface area (Å²) in [6, 6.07) is 5.78. The van der Waals surface area contributed by atoms with Crippen LogP contribution in [-0.4, -0.2) is 39.2 Å². The van der Waals surface area contributed by atoms with E-state index in [-0.39, 0.29) is 36.4 Å². The number of hydrogen-bond acceptors (Lipinski definition) is 7. The third kappa shape index (κ3) is 4.44. The number of nitrogens with zero attached hydrogens (tertiary/aromatic N) is 4. The lowest BCUT2D eigenvalue weighted by molar-refractivity contribution is -0.152. The summed E-state index contributed by atoms with van der Waals surface area (Å²) in [6.07, 6.45) is 2.37. The number of rotatable bonds is 7. The highest BCUT2D eigenvalue weighted by atomic mass is 16.6. The number of fused-ring (bicyclic) bond motifs is 1. The largest absolute Gasteiger partial charge is 0.463 e. The minimum atomic E-state index is -1.21. The molecule has 2 unspecified atom stereocenters. The Kier molecular flexibility index (Phi) is 6.37. The summed E-state index contributed by atoms with van der Waals surface area (Å²) in [7, 11) is 0. The smallest absolute Gasteiger partial charge is 0.308 e. The lowest BCUT2D eigenvalue weighted by Crippen LogP contribution is -2.29. The van der Waals surface area contributed by atoms with E-state index in [2.05, 4.69) is 21.5 Å². The van der Waals surface area contributed by atoms with Crippen LogP contribution in [0.25, 0.3) is 5.52 Å². The predicted molar refractivity (Wildman–Crippen MR) is 108 cm³/mol. The number of esters is 1. The van der Waals surface area contributed by atoms with Gasteiger partial charge in [-0.2, -0.15) is 10.4 Å². The fraction of sp³-hybridized carbons (Fsp3) is 0.571. The van der Waals surface area contributed by atoms with Crippen molar-refractivity contribution < 1.29 is 19.1 Å². The van der Waals surface area contributed by atoms with E-state index in [1.165, 1.54) is 6.33 Å². The SMILES string of the molecule is CC(C)CC(=O)Nc1ncnn2c(C3(C#N)CCC(COC(=O)C(C)C)O3)ccc12. The van der Waals surface area contributed by atoms with Gasteiger partial charge < -0.3 is 14.8 Å². The minimum Gasteiger partial charge on any atom is -0.463 e. The number of ether oxygens (including phenoxy) is 2. The van der Waals surface area contributed by atoms with Crippen LogP contribution >= 0.6 is 0 Å². The number of nitrogens with one attached hydrogen (secondary N) is 1. The molecule has 9 nitrogen and oxygen atoms in total. The van der Waals surface area contributed by atoms with Crippen molar-refractivity contribution >= 4 is 23.2 Å². The molecule has 3 rings (SSSR count). The highest BCUT2D eigenvalue weighted by Gasteiger charge is 2.45. The molecule has 2 atom stereocenters. The summed E-state index contributed by atoms with van der Waals surface area (Å²) >= 11 is 0. The third-order valence-electron chi connectivity index (χ3n) is 4.97. The second kappa shape index (κ2) is 8.79. The van der Waals surface area contributed by atoms with Gasteiger partial charge in [-0.05, 0) is 30.9 Å². The lowest BCUT2D eigenvalue weighted by atomic mass is 9.98. The van der Waals surface area contributed by atoms with Gasteiger partial charge in [0.25, 0.3) is 0 Å². The molecule has 0 bridgehead atoms. The van der Waals surface area contributed by atoms with Crippen LogP contribution in [0.15, 0.2) is 18.5 Å². The van der Waals surface area contributed by atoms with Crippen LogP contribution in [0.5, 0.6) is 0 Å². The first-order chi connectivity index (χ1) is 14.3. The maximum absolute atomic E-state index is 12.2. The Morgan fingerprint density at radius 3 is 2.83 bits per heavy atom. The number of aromatic nitrogens is 3. The van der Waals surface area contributed by atoms with Gasteiger partial charge in [0, 0.05) is 6.42 Å². The highest BCUT2D eigenvalue weighted by Crippen LogP contribution is 2.40. The average molecular weight is 413 g/mol. The van der Waals surface area contributed by atoms with Crippen LogP contribution in [0.2, 0.25) is 0 Å². The first-order valence-electron chi connectivity index (χ1n) is 10.1. The summed E-state index contributed by atoms with van der Waals surface area (Å²) < 4.78 is 12.9. The Labute approximate surface area is 175 Å². The number of carbonyl (C=O) groups excluding carboxylic acids is 2. The molecule has 160 valence electrons. The van der Waals surface area contributed by atoms with Gasteiger partial charge in [-0.25, -0.2) is 9.50 Å². The van der Waals surface area contributed by atoms with Crippen LogP contribution in [0.3, 0.4) is 0 Å². The Bertz CT molecular complexity index is 977. The molecule has 0 saturated carbocycles. The highest BCUT2D eigenvalue weighted by molar-refractivity contribution is 5.93. The molecule has 3 heterocycles. The van der Waals surface area contributed by atoms with Crippen molar-refractivity contribution in [3.05, 3.63) is 24.2 Å². The van der Waals surface area contributed by atoms with Crippen molar-refractivity contribution in [2.24, 2.45) is 11.8 Å². The van der Waals surface area contributed by atoms with Crippen LogP contribution in [0.4, 0.5) is 5.82 Å². The Morgan fingerprint density at radius 1 is 1.40 bits per heavy atom. The van der Waals surface area contributed by atoms with Crippen LogP contribution in [0.1, 0.15) is 52.7 Å². The lowest BCUT2D eigenvalue weighted by Gasteiger charge is -2.22. The minimum absolute atomic E-state index is 0.106. The van der Waals surface area contributed by atoms with Gasteiger partial charge in [-0.1, -0.05) is 27.7 Å². The molecule has 9 heteroatoms. The number of anilines is 1. The molecule has 0 spiro atoms. The van der Waals surface area contributed by atoms with E-state index in [1.54, 1.807) is 30.5 Å². The summed E-state index contributed by atoms with van der Waals surface area (Å²) in [6.45, 7) is 7.57. The number of carbonyl (C=O) groups is 2. The average Bonchev–Trinajstić information content (AvgIpc) is 3.30. The molecule has 1 N–H and O–H groups in total. The molecule has 0 aliphatic carbocycles. The molecular weight excluding hydrogens is 386 g/mol. The van der Waals surface area contributed by atoms with E-state index in [1.807, 2.05) is 13.8 Å². The van der Waals surface area contributed by atoms with Crippen molar-refractivity contribution in [3.63, 3.8) is 0 Å². The number of amides is 1. The van der Waals surface area contributed by atoms with E-state index < -0.39 is 5.60 Å². The summed E-state index contributed by atoms with van der Waals surface area (Å²) in [4.78, 5) is 28.1. The molecule has 1 fully saturated rings. The quantitative estimate of drug-likeness (QED) is 0.693. The standard InChI is InChI=1S/C21H27N5O4/c1-13(2)9-18(27)25-19-16-5-6-17(26(16)24-12-23-19)21(11-22)8-7-15(30-21)10-29-20(28)14(3)4/h5-6,12-15H,7-10H2,1-4H3,(H,23,24,25,27). The molecule has 1 aliphatic rings. The van der Waals surface area contributed by atoms with Crippen LogP contribution in [-0.2, 0) is 24.7 Å². The van der Waals surface area contributed by atoms with E-state index in [9.17, 15) is 14.9 Å². The van der Waals surface area contributed by atoms with Crippen molar-refractivity contribution in [2.45, 2.75) is 58.7 Å². The molecule has 1 aliphatic heterocycles. The zero-order valence-corrected chi connectivity index (χ0v) is 17.7.